The third-order valence-electron chi connectivity index (χ3n) is 5.46. The number of rotatable bonds is 12. The minimum Gasteiger partial charge on any atom is -0.230 e. The fourth-order valence-electron chi connectivity index (χ4n) is 3.91. The topological polar surface area (TPSA) is 8.81 Å². The Morgan fingerprint density at radius 1 is 0.750 bits per heavy atom. The molecule has 0 amide bonds. The number of benzene rings is 2. The zero-order valence-corrected chi connectivity index (χ0v) is 17.4. The summed E-state index contributed by atoms with van der Waals surface area (Å²) in [4.78, 5) is 0. The molecule has 0 saturated heterocycles. The van der Waals surface area contributed by atoms with Gasteiger partial charge in [-0.25, -0.2) is 9.13 Å². The predicted octanol–water partition coefficient (Wildman–Crippen LogP) is 6.44. The molecule has 1 heterocycles. The molecule has 148 valence electrons. The predicted molar refractivity (Wildman–Crippen MR) is 118 cm³/mol. The maximum atomic E-state index is 2.46. The van der Waals surface area contributed by atoms with Gasteiger partial charge in [0.2, 0.25) is 0 Å². The van der Waals surface area contributed by atoms with Crippen molar-refractivity contribution < 1.29 is 4.57 Å². The summed E-state index contributed by atoms with van der Waals surface area (Å²) in [5.41, 5.74) is 2.74. The number of hydrogen-bond donors (Lipinski definition) is 0. The van der Waals surface area contributed by atoms with Gasteiger partial charge >= 0.3 is 0 Å². The SMILES string of the molecule is CCCCCCCCn1cc[n+](CCCc2ccccc2)c1-c1ccccc1. The van der Waals surface area contributed by atoms with Crippen molar-refractivity contribution in [3.05, 3.63) is 78.6 Å². The van der Waals surface area contributed by atoms with Crippen LogP contribution in [-0.2, 0) is 19.5 Å². The Hall–Kier alpha value is -2.35. The molecule has 28 heavy (non-hydrogen) atoms. The van der Waals surface area contributed by atoms with Gasteiger partial charge in [0.1, 0.15) is 12.4 Å². The second-order valence-corrected chi connectivity index (χ2v) is 7.73. The highest BCUT2D eigenvalue weighted by Crippen LogP contribution is 2.17. The van der Waals surface area contributed by atoms with Crippen molar-refractivity contribution in [2.45, 2.75) is 71.4 Å². The van der Waals surface area contributed by atoms with E-state index >= 15 is 0 Å². The normalized spacial score (nSPS) is 11.0. The van der Waals surface area contributed by atoms with Crippen molar-refractivity contribution in [2.75, 3.05) is 0 Å². The number of aryl methyl sites for hydroxylation is 3. The minimum atomic E-state index is 1.06. The Kier molecular flexibility index (Phi) is 8.36. The van der Waals surface area contributed by atoms with Crippen LogP contribution in [0.3, 0.4) is 0 Å². The van der Waals surface area contributed by atoms with Crippen LogP contribution in [0.1, 0.15) is 57.4 Å². The molecule has 0 N–H and O–H groups in total. The Morgan fingerprint density at radius 2 is 1.43 bits per heavy atom. The molecule has 3 rings (SSSR count). The summed E-state index contributed by atoms with van der Waals surface area (Å²) in [5.74, 6) is 1.35. The van der Waals surface area contributed by atoms with Gasteiger partial charge in [-0.1, -0.05) is 81.1 Å². The number of hydrogen-bond acceptors (Lipinski definition) is 0. The lowest BCUT2D eigenvalue weighted by atomic mass is 10.1. The second-order valence-electron chi connectivity index (χ2n) is 7.73. The van der Waals surface area contributed by atoms with E-state index in [-0.39, 0.29) is 0 Å². The van der Waals surface area contributed by atoms with Crippen LogP contribution in [0.15, 0.2) is 73.1 Å². The molecule has 0 fully saturated rings. The molecule has 0 atom stereocenters. The molecular formula is C26H35N2+. The van der Waals surface area contributed by atoms with Gasteiger partial charge in [0.05, 0.1) is 18.7 Å². The van der Waals surface area contributed by atoms with E-state index in [1.807, 2.05) is 0 Å². The van der Waals surface area contributed by atoms with Gasteiger partial charge in [-0.05, 0) is 43.4 Å². The molecule has 1 aromatic heterocycles. The second kappa shape index (κ2) is 11.5. The van der Waals surface area contributed by atoms with Gasteiger partial charge in [0.25, 0.3) is 5.82 Å². The van der Waals surface area contributed by atoms with E-state index in [1.54, 1.807) is 0 Å². The average Bonchev–Trinajstić information content (AvgIpc) is 3.15. The van der Waals surface area contributed by atoms with E-state index in [2.05, 4.69) is 89.1 Å². The van der Waals surface area contributed by atoms with Crippen molar-refractivity contribution in [2.24, 2.45) is 0 Å². The van der Waals surface area contributed by atoms with Crippen LogP contribution >= 0.6 is 0 Å². The van der Waals surface area contributed by atoms with E-state index in [0.29, 0.717) is 0 Å². The Morgan fingerprint density at radius 3 is 2.18 bits per heavy atom. The van der Waals surface area contributed by atoms with Gasteiger partial charge in [-0.15, -0.1) is 0 Å². The molecule has 2 nitrogen and oxygen atoms in total. The Balaban J connectivity index is 1.63. The average molecular weight is 376 g/mol. The Labute approximate surface area is 170 Å². The highest BCUT2D eigenvalue weighted by atomic mass is 15.1. The molecule has 0 radical (unpaired) electrons. The van der Waals surface area contributed by atoms with E-state index in [1.165, 1.54) is 55.5 Å². The summed E-state index contributed by atoms with van der Waals surface area (Å²) in [7, 11) is 0. The summed E-state index contributed by atoms with van der Waals surface area (Å²) in [6, 6.07) is 21.7. The first-order valence-electron chi connectivity index (χ1n) is 11.1. The van der Waals surface area contributed by atoms with Crippen LogP contribution in [0.2, 0.25) is 0 Å². The van der Waals surface area contributed by atoms with E-state index < -0.39 is 0 Å². The molecule has 0 spiro atoms. The molecule has 0 aliphatic carbocycles. The first-order valence-corrected chi connectivity index (χ1v) is 11.1. The third-order valence-corrected chi connectivity index (χ3v) is 5.46. The van der Waals surface area contributed by atoms with Gasteiger partial charge < -0.3 is 0 Å². The van der Waals surface area contributed by atoms with E-state index in [0.717, 1.165) is 25.9 Å². The number of imidazole rings is 1. The summed E-state index contributed by atoms with van der Waals surface area (Å²) in [6.45, 7) is 4.45. The quantitative estimate of drug-likeness (QED) is 0.254. The van der Waals surface area contributed by atoms with Crippen LogP contribution in [0, 0.1) is 0 Å². The maximum absolute atomic E-state index is 2.46. The number of unbranched alkanes of at least 4 members (excludes halogenated alkanes) is 5. The molecule has 0 aliphatic rings. The summed E-state index contributed by atoms with van der Waals surface area (Å²) in [5, 5.41) is 0. The highest BCUT2D eigenvalue weighted by Gasteiger charge is 2.18. The first-order chi connectivity index (χ1) is 13.9. The van der Waals surface area contributed by atoms with Gasteiger partial charge in [-0.2, -0.15) is 0 Å². The maximum Gasteiger partial charge on any atom is 0.288 e. The van der Waals surface area contributed by atoms with Crippen LogP contribution < -0.4 is 4.57 Å². The summed E-state index contributed by atoms with van der Waals surface area (Å²) < 4.78 is 4.90. The first kappa shape index (κ1) is 20.4. The molecule has 2 heteroatoms. The Bertz CT molecular complexity index is 790. The zero-order chi connectivity index (χ0) is 19.4. The number of nitrogens with zero attached hydrogens (tertiary/aromatic N) is 2. The summed E-state index contributed by atoms with van der Waals surface area (Å²) >= 11 is 0. The van der Waals surface area contributed by atoms with Gasteiger partial charge in [0.15, 0.2) is 0 Å². The largest absolute Gasteiger partial charge is 0.288 e. The molecule has 0 unspecified atom stereocenters. The third kappa shape index (κ3) is 6.09. The molecule has 3 aromatic rings. The number of aromatic nitrogens is 2. The monoisotopic (exact) mass is 375 g/mol. The zero-order valence-electron chi connectivity index (χ0n) is 17.4. The van der Waals surface area contributed by atoms with Crippen LogP contribution in [0.4, 0.5) is 0 Å². The van der Waals surface area contributed by atoms with Crippen molar-refractivity contribution in [3.8, 4) is 11.4 Å². The highest BCUT2D eigenvalue weighted by molar-refractivity contribution is 5.52. The van der Waals surface area contributed by atoms with Crippen LogP contribution in [0.5, 0.6) is 0 Å². The van der Waals surface area contributed by atoms with Crippen molar-refractivity contribution >= 4 is 0 Å². The van der Waals surface area contributed by atoms with Crippen LogP contribution in [0.25, 0.3) is 11.4 Å². The smallest absolute Gasteiger partial charge is 0.230 e. The van der Waals surface area contributed by atoms with Gasteiger partial charge in [-0.3, -0.25) is 0 Å². The van der Waals surface area contributed by atoms with Crippen LogP contribution in [-0.4, -0.2) is 4.57 Å². The van der Waals surface area contributed by atoms with E-state index in [9.17, 15) is 0 Å². The fourth-order valence-corrected chi connectivity index (χ4v) is 3.91. The lowest BCUT2D eigenvalue weighted by molar-refractivity contribution is -0.685. The standard InChI is InChI=1S/C26H35N2/c1-2-3-4-5-6-13-20-27-22-23-28(26(27)25-18-11-8-12-19-25)21-14-17-24-15-9-7-10-16-24/h7-12,15-16,18-19,22-23H,2-6,13-14,17,20-21H2,1H3/q+1. The van der Waals surface area contributed by atoms with Crippen molar-refractivity contribution in [1.82, 2.24) is 4.57 Å². The molecule has 2 aromatic carbocycles. The molecular weight excluding hydrogens is 340 g/mol. The lowest BCUT2D eigenvalue weighted by Gasteiger charge is -2.06. The van der Waals surface area contributed by atoms with Gasteiger partial charge in [0, 0.05) is 0 Å². The van der Waals surface area contributed by atoms with Crippen molar-refractivity contribution in [1.29, 1.82) is 0 Å². The minimum absolute atomic E-state index is 1.06. The fraction of sp³-hybridized carbons (Fsp3) is 0.423. The van der Waals surface area contributed by atoms with Crippen molar-refractivity contribution in [3.63, 3.8) is 0 Å². The lowest BCUT2D eigenvalue weighted by Crippen LogP contribution is -2.35. The summed E-state index contributed by atoms with van der Waals surface area (Å²) in [6.07, 6.45) is 14.9. The molecule has 0 aliphatic heterocycles. The molecule has 0 bridgehead atoms. The molecule has 0 saturated carbocycles. The van der Waals surface area contributed by atoms with E-state index in [4.69, 9.17) is 0 Å².